The van der Waals surface area contributed by atoms with Crippen molar-refractivity contribution in [1.29, 1.82) is 0 Å². The van der Waals surface area contributed by atoms with E-state index in [-0.39, 0.29) is 11.8 Å². The van der Waals surface area contributed by atoms with E-state index in [4.69, 9.17) is 20.8 Å². The second-order valence-electron chi connectivity index (χ2n) is 6.17. The van der Waals surface area contributed by atoms with Crippen LogP contribution in [0.3, 0.4) is 0 Å². The van der Waals surface area contributed by atoms with Gasteiger partial charge >= 0.3 is 0 Å². The smallest absolute Gasteiger partial charge is 0.289 e. The first-order valence-electron chi connectivity index (χ1n) is 8.46. The molecular weight excluding hydrogens is 388 g/mol. The molecule has 1 aliphatic heterocycles. The van der Waals surface area contributed by atoms with Crippen LogP contribution in [0.25, 0.3) is 10.1 Å². The number of benzene rings is 1. The third-order valence-corrected chi connectivity index (χ3v) is 6.28. The van der Waals surface area contributed by atoms with E-state index in [9.17, 15) is 9.59 Å². The number of carbonyl (C=O) groups excluding carboxylic acids is 2. The molecule has 3 aromatic rings. The van der Waals surface area contributed by atoms with Crippen LogP contribution in [0.15, 0.2) is 41.0 Å². The standard InChI is InChI=1S/C19H17ClN2O4S/c1-25-12-4-5-15-13(11-12)16(20)17(27-15)19(24)22-8-6-21(7-9-22)18(23)14-3-2-10-26-14/h2-5,10-11H,6-9H2,1H3. The minimum absolute atomic E-state index is 0.106. The van der Waals surface area contributed by atoms with E-state index in [1.54, 1.807) is 29.0 Å². The summed E-state index contributed by atoms with van der Waals surface area (Å²) in [5.41, 5.74) is 0. The summed E-state index contributed by atoms with van der Waals surface area (Å²) in [5.74, 6) is 0.756. The number of hydrogen-bond donors (Lipinski definition) is 0. The summed E-state index contributed by atoms with van der Waals surface area (Å²) >= 11 is 7.85. The van der Waals surface area contributed by atoms with Crippen LogP contribution in [0, 0.1) is 0 Å². The molecule has 1 aliphatic rings. The van der Waals surface area contributed by atoms with Crippen LogP contribution < -0.4 is 4.74 Å². The Kier molecular flexibility index (Phi) is 4.80. The summed E-state index contributed by atoms with van der Waals surface area (Å²) in [5, 5.41) is 1.27. The predicted molar refractivity (Wildman–Crippen MR) is 104 cm³/mol. The number of halogens is 1. The van der Waals surface area contributed by atoms with Crippen LogP contribution in [0.2, 0.25) is 5.02 Å². The van der Waals surface area contributed by atoms with Gasteiger partial charge in [0.15, 0.2) is 5.76 Å². The molecule has 0 saturated carbocycles. The van der Waals surface area contributed by atoms with Gasteiger partial charge in [0.25, 0.3) is 11.8 Å². The number of carbonyl (C=O) groups is 2. The highest BCUT2D eigenvalue weighted by atomic mass is 35.5. The van der Waals surface area contributed by atoms with E-state index in [0.29, 0.717) is 47.6 Å². The van der Waals surface area contributed by atoms with E-state index < -0.39 is 0 Å². The van der Waals surface area contributed by atoms with Gasteiger partial charge in [-0.05, 0) is 30.3 Å². The Hall–Kier alpha value is -2.51. The van der Waals surface area contributed by atoms with Crippen molar-refractivity contribution in [2.45, 2.75) is 0 Å². The number of furan rings is 1. The average molecular weight is 405 g/mol. The van der Waals surface area contributed by atoms with Gasteiger partial charge in [-0.1, -0.05) is 11.6 Å². The van der Waals surface area contributed by atoms with Gasteiger partial charge in [0.05, 0.1) is 18.4 Å². The molecule has 2 amide bonds. The molecule has 0 atom stereocenters. The van der Waals surface area contributed by atoms with Crippen molar-refractivity contribution in [3.63, 3.8) is 0 Å². The molecule has 1 saturated heterocycles. The van der Waals surface area contributed by atoms with Crippen LogP contribution in [0.4, 0.5) is 0 Å². The van der Waals surface area contributed by atoms with Crippen LogP contribution in [-0.2, 0) is 0 Å². The Balaban J connectivity index is 1.49. The third-order valence-electron chi connectivity index (χ3n) is 4.61. The SMILES string of the molecule is COc1ccc2sc(C(=O)N3CCN(C(=O)c4ccco4)CC3)c(Cl)c2c1. The first kappa shape index (κ1) is 17.9. The Labute approximate surface area is 164 Å². The molecule has 0 unspecified atom stereocenters. The molecule has 4 rings (SSSR count). The highest BCUT2D eigenvalue weighted by molar-refractivity contribution is 7.21. The second-order valence-corrected chi connectivity index (χ2v) is 7.60. The minimum Gasteiger partial charge on any atom is -0.497 e. The molecular formula is C19H17ClN2O4S. The summed E-state index contributed by atoms with van der Waals surface area (Å²) < 4.78 is 11.3. The average Bonchev–Trinajstić information content (AvgIpc) is 3.35. The van der Waals surface area contributed by atoms with Gasteiger partial charge in [-0.15, -0.1) is 11.3 Å². The lowest BCUT2D eigenvalue weighted by molar-refractivity contribution is 0.0520. The van der Waals surface area contributed by atoms with Crippen molar-refractivity contribution in [3.05, 3.63) is 52.3 Å². The fourth-order valence-electron chi connectivity index (χ4n) is 3.12. The maximum Gasteiger partial charge on any atom is 0.289 e. The lowest BCUT2D eigenvalue weighted by Crippen LogP contribution is -2.50. The van der Waals surface area contributed by atoms with Gasteiger partial charge in [-0.25, -0.2) is 0 Å². The monoisotopic (exact) mass is 404 g/mol. The Bertz CT molecular complexity index is 991. The minimum atomic E-state index is -0.154. The number of hydrogen-bond acceptors (Lipinski definition) is 5. The highest BCUT2D eigenvalue weighted by Crippen LogP contribution is 2.38. The van der Waals surface area contributed by atoms with Gasteiger partial charge in [0, 0.05) is 36.3 Å². The van der Waals surface area contributed by atoms with E-state index in [1.807, 2.05) is 18.2 Å². The molecule has 0 spiro atoms. The number of thiophene rings is 1. The Morgan fingerprint density at radius 2 is 1.81 bits per heavy atom. The quantitative estimate of drug-likeness (QED) is 0.666. The van der Waals surface area contributed by atoms with Crippen LogP contribution in [0.5, 0.6) is 5.75 Å². The van der Waals surface area contributed by atoms with E-state index >= 15 is 0 Å². The molecule has 1 aromatic carbocycles. The zero-order chi connectivity index (χ0) is 19.0. The molecule has 6 nitrogen and oxygen atoms in total. The molecule has 27 heavy (non-hydrogen) atoms. The zero-order valence-corrected chi connectivity index (χ0v) is 16.2. The Morgan fingerprint density at radius 1 is 1.11 bits per heavy atom. The molecule has 1 fully saturated rings. The van der Waals surface area contributed by atoms with E-state index in [0.717, 1.165) is 10.1 Å². The van der Waals surface area contributed by atoms with Crippen molar-refractivity contribution in [3.8, 4) is 5.75 Å². The summed E-state index contributed by atoms with van der Waals surface area (Å²) in [4.78, 5) is 29.2. The number of ether oxygens (including phenoxy) is 1. The number of amides is 2. The number of fused-ring (bicyclic) bond motifs is 1. The van der Waals surface area contributed by atoms with Crippen LogP contribution in [-0.4, -0.2) is 54.9 Å². The lowest BCUT2D eigenvalue weighted by Gasteiger charge is -2.34. The first-order valence-corrected chi connectivity index (χ1v) is 9.66. The maximum absolute atomic E-state index is 12.9. The van der Waals surface area contributed by atoms with E-state index in [1.165, 1.54) is 17.6 Å². The van der Waals surface area contributed by atoms with Crippen molar-refractivity contribution in [1.82, 2.24) is 9.80 Å². The predicted octanol–water partition coefficient (Wildman–Crippen LogP) is 3.75. The molecule has 0 aliphatic carbocycles. The second kappa shape index (κ2) is 7.25. The molecule has 8 heteroatoms. The van der Waals surface area contributed by atoms with Gasteiger partial charge in [0.2, 0.25) is 0 Å². The van der Waals surface area contributed by atoms with Gasteiger partial charge in [0.1, 0.15) is 10.6 Å². The molecule has 0 radical (unpaired) electrons. The number of nitrogens with zero attached hydrogens (tertiary/aromatic N) is 2. The maximum atomic E-state index is 12.9. The topological polar surface area (TPSA) is 63.0 Å². The molecule has 0 bridgehead atoms. The van der Waals surface area contributed by atoms with Gasteiger partial charge < -0.3 is 19.0 Å². The lowest BCUT2D eigenvalue weighted by atomic mass is 10.2. The summed E-state index contributed by atoms with van der Waals surface area (Å²) in [6.45, 7) is 1.83. The normalized spacial score (nSPS) is 14.6. The number of rotatable bonds is 3. The van der Waals surface area contributed by atoms with Crippen molar-refractivity contribution >= 4 is 44.8 Å². The third kappa shape index (κ3) is 3.28. The van der Waals surface area contributed by atoms with Gasteiger partial charge in [-0.3, -0.25) is 9.59 Å². The number of methoxy groups -OCH3 is 1. The van der Waals surface area contributed by atoms with Crippen LogP contribution >= 0.6 is 22.9 Å². The molecule has 0 N–H and O–H groups in total. The molecule has 140 valence electrons. The zero-order valence-electron chi connectivity index (χ0n) is 14.6. The fourth-order valence-corrected chi connectivity index (χ4v) is 4.58. The summed E-state index contributed by atoms with van der Waals surface area (Å²) in [7, 11) is 1.59. The first-order chi connectivity index (χ1) is 13.1. The summed E-state index contributed by atoms with van der Waals surface area (Å²) in [6.07, 6.45) is 1.48. The highest BCUT2D eigenvalue weighted by Gasteiger charge is 2.29. The van der Waals surface area contributed by atoms with E-state index in [2.05, 4.69) is 0 Å². The Morgan fingerprint density at radius 3 is 2.44 bits per heavy atom. The van der Waals surface area contributed by atoms with Crippen molar-refractivity contribution in [2.75, 3.05) is 33.3 Å². The fraction of sp³-hybridized carbons (Fsp3) is 0.263. The van der Waals surface area contributed by atoms with Crippen LogP contribution in [0.1, 0.15) is 20.2 Å². The van der Waals surface area contributed by atoms with Crippen molar-refractivity contribution < 1.29 is 18.7 Å². The largest absolute Gasteiger partial charge is 0.497 e. The molecule has 3 heterocycles. The van der Waals surface area contributed by atoms with Crippen molar-refractivity contribution in [2.24, 2.45) is 0 Å². The summed E-state index contributed by atoms with van der Waals surface area (Å²) in [6, 6.07) is 8.92. The number of piperazine rings is 1. The van der Waals surface area contributed by atoms with Gasteiger partial charge in [-0.2, -0.15) is 0 Å². The molecule has 2 aromatic heterocycles.